The third kappa shape index (κ3) is 12.3. The third-order valence-corrected chi connectivity index (χ3v) is 2.42. The normalized spacial score (nSPS) is 18.3. The monoisotopic (exact) mass is 264 g/mol. The van der Waals surface area contributed by atoms with Crippen LogP contribution in [0.25, 0.3) is 0 Å². The van der Waals surface area contributed by atoms with Crippen LogP contribution in [0.1, 0.15) is 33.6 Å². The highest BCUT2D eigenvalue weighted by molar-refractivity contribution is 4.61. The van der Waals surface area contributed by atoms with Gasteiger partial charge in [-0.25, -0.2) is 0 Å². The Bertz CT molecular complexity index is 168. The van der Waals surface area contributed by atoms with Crippen LogP contribution in [0.4, 0.5) is 0 Å². The molecule has 0 saturated heterocycles. The number of ether oxygens (including phenoxy) is 2. The van der Waals surface area contributed by atoms with Crippen molar-refractivity contribution in [1.82, 2.24) is 0 Å². The molecule has 0 radical (unpaired) electrons. The van der Waals surface area contributed by atoms with Gasteiger partial charge in [0, 0.05) is 5.92 Å². The van der Waals surface area contributed by atoms with E-state index in [4.69, 9.17) is 19.7 Å². The van der Waals surface area contributed by atoms with E-state index in [1.165, 1.54) is 0 Å². The molecule has 0 spiro atoms. The molecule has 0 aliphatic rings. The SMILES string of the molecule is CC(O)CCC(COCC(C)O)COCC(C)O. The molecule has 0 saturated carbocycles. The molecule has 0 heterocycles. The third-order valence-electron chi connectivity index (χ3n) is 2.42. The second-order valence-corrected chi connectivity index (χ2v) is 5.07. The van der Waals surface area contributed by atoms with Crippen LogP contribution in [0.2, 0.25) is 0 Å². The molecular formula is C13H28O5. The molecule has 3 atom stereocenters. The molecule has 0 aromatic rings. The maximum Gasteiger partial charge on any atom is 0.0745 e. The summed E-state index contributed by atoms with van der Waals surface area (Å²) in [7, 11) is 0. The minimum Gasteiger partial charge on any atom is -0.393 e. The molecule has 0 aromatic carbocycles. The highest BCUT2D eigenvalue weighted by Gasteiger charge is 2.12. The van der Waals surface area contributed by atoms with Crippen LogP contribution in [-0.4, -0.2) is 60.1 Å². The summed E-state index contributed by atoms with van der Waals surface area (Å²) in [5, 5.41) is 27.5. The molecule has 5 heteroatoms. The average Bonchev–Trinajstić information content (AvgIpc) is 2.24. The summed E-state index contributed by atoms with van der Waals surface area (Å²) in [5.41, 5.74) is 0. The molecule has 0 bridgehead atoms. The van der Waals surface area contributed by atoms with E-state index < -0.39 is 12.2 Å². The zero-order chi connectivity index (χ0) is 14.0. The van der Waals surface area contributed by atoms with Crippen molar-refractivity contribution in [3.05, 3.63) is 0 Å². The summed E-state index contributed by atoms with van der Waals surface area (Å²) in [6.45, 7) is 6.71. The van der Waals surface area contributed by atoms with Gasteiger partial charge in [0.15, 0.2) is 0 Å². The molecule has 0 aliphatic heterocycles. The molecular weight excluding hydrogens is 236 g/mol. The van der Waals surface area contributed by atoms with E-state index in [2.05, 4.69) is 0 Å². The van der Waals surface area contributed by atoms with Crippen LogP contribution in [0.15, 0.2) is 0 Å². The number of aliphatic hydroxyl groups excluding tert-OH is 3. The van der Waals surface area contributed by atoms with Crippen LogP contribution < -0.4 is 0 Å². The van der Waals surface area contributed by atoms with Gasteiger partial charge in [0.2, 0.25) is 0 Å². The average molecular weight is 264 g/mol. The topological polar surface area (TPSA) is 79.2 Å². The van der Waals surface area contributed by atoms with E-state index in [-0.39, 0.29) is 12.0 Å². The van der Waals surface area contributed by atoms with Gasteiger partial charge < -0.3 is 24.8 Å². The molecule has 0 rings (SSSR count). The number of hydrogen-bond donors (Lipinski definition) is 3. The van der Waals surface area contributed by atoms with E-state index >= 15 is 0 Å². The number of aliphatic hydroxyl groups is 3. The molecule has 18 heavy (non-hydrogen) atoms. The highest BCUT2D eigenvalue weighted by Crippen LogP contribution is 2.11. The standard InChI is InChI=1S/C13H28O5/c1-10(14)4-5-13(8-17-6-11(2)15)9-18-7-12(3)16/h10-16H,4-9H2,1-3H3. The number of rotatable bonds is 11. The predicted molar refractivity (Wildman–Crippen MR) is 69.4 cm³/mol. The van der Waals surface area contributed by atoms with Crippen molar-refractivity contribution < 1.29 is 24.8 Å². The van der Waals surface area contributed by atoms with Crippen molar-refractivity contribution in [2.45, 2.75) is 51.9 Å². The van der Waals surface area contributed by atoms with Crippen LogP contribution >= 0.6 is 0 Å². The summed E-state index contributed by atoms with van der Waals surface area (Å²) < 4.78 is 10.7. The lowest BCUT2D eigenvalue weighted by atomic mass is 10.0. The van der Waals surface area contributed by atoms with Gasteiger partial charge in [-0.1, -0.05) is 0 Å². The van der Waals surface area contributed by atoms with Crippen molar-refractivity contribution in [2.75, 3.05) is 26.4 Å². The van der Waals surface area contributed by atoms with Gasteiger partial charge in [-0.3, -0.25) is 0 Å². The zero-order valence-electron chi connectivity index (χ0n) is 11.7. The maximum atomic E-state index is 9.27. The molecule has 0 aliphatic carbocycles. The minimum absolute atomic E-state index is 0.178. The van der Waals surface area contributed by atoms with Crippen molar-refractivity contribution in [3.8, 4) is 0 Å². The molecule has 5 nitrogen and oxygen atoms in total. The minimum atomic E-state index is -0.471. The second kappa shape index (κ2) is 10.7. The Labute approximate surface area is 110 Å². The van der Waals surface area contributed by atoms with Crippen LogP contribution in [0, 0.1) is 5.92 Å². The first kappa shape index (κ1) is 17.8. The smallest absolute Gasteiger partial charge is 0.0745 e. The molecule has 110 valence electrons. The van der Waals surface area contributed by atoms with Gasteiger partial charge in [-0.15, -0.1) is 0 Å². The van der Waals surface area contributed by atoms with Crippen molar-refractivity contribution in [3.63, 3.8) is 0 Å². The van der Waals surface area contributed by atoms with Gasteiger partial charge in [0.25, 0.3) is 0 Å². The van der Waals surface area contributed by atoms with Gasteiger partial charge in [-0.05, 0) is 33.6 Å². The summed E-state index contributed by atoms with van der Waals surface area (Å²) in [6, 6.07) is 0. The molecule has 0 aromatic heterocycles. The van der Waals surface area contributed by atoms with Gasteiger partial charge in [0.05, 0.1) is 44.7 Å². The lowest BCUT2D eigenvalue weighted by Crippen LogP contribution is -2.23. The largest absolute Gasteiger partial charge is 0.393 e. The Balaban J connectivity index is 3.84. The first-order valence-electron chi connectivity index (χ1n) is 6.61. The number of hydrogen-bond acceptors (Lipinski definition) is 5. The van der Waals surface area contributed by atoms with E-state index in [9.17, 15) is 5.11 Å². The van der Waals surface area contributed by atoms with Crippen molar-refractivity contribution >= 4 is 0 Å². The maximum absolute atomic E-state index is 9.27. The van der Waals surface area contributed by atoms with E-state index in [1.54, 1.807) is 20.8 Å². The van der Waals surface area contributed by atoms with Gasteiger partial charge in [0.1, 0.15) is 0 Å². The Morgan fingerprint density at radius 1 is 0.667 bits per heavy atom. The fourth-order valence-electron chi connectivity index (χ4n) is 1.50. The Morgan fingerprint density at radius 3 is 1.44 bits per heavy atom. The van der Waals surface area contributed by atoms with Gasteiger partial charge in [-0.2, -0.15) is 0 Å². The van der Waals surface area contributed by atoms with E-state index in [0.29, 0.717) is 32.8 Å². The predicted octanol–water partition coefficient (Wildman–Crippen LogP) is 0.558. The molecule has 0 amide bonds. The summed E-state index contributed by atoms with van der Waals surface area (Å²) >= 11 is 0. The Kier molecular flexibility index (Phi) is 10.6. The lowest BCUT2D eigenvalue weighted by molar-refractivity contribution is -0.0157. The summed E-state index contributed by atoms with van der Waals surface area (Å²) in [4.78, 5) is 0. The van der Waals surface area contributed by atoms with Crippen LogP contribution in [0.3, 0.4) is 0 Å². The molecule has 0 fully saturated rings. The zero-order valence-corrected chi connectivity index (χ0v) is 11.7. The van der Waals surface area contributed by atoms with Crippen molar-refractivity contribution in [2.24, 2.45) is 5.92 Å². The van der Waals surface area contributed by atoms with Crippen molar-refractivity contribution in [1.29, 1.82) is 0 Å². The second-order valence-electron chi connectivity index (χ2n) is 5.07. The summed E-state index contributed by atoms with van der Waals surface area (Å²) in [6.07, 6.45) is 0.223. The van der Waals surface area contributed by atoms with Crippen LogP contribution in [-0.2, 0) is 9.47 Å². The van der Waals surface area contributed by atoms with E-state index in [1.807, 2.05) is 0 Å². The van der Waals surface area contributed by atoms with Gasteiger partial charge >= 0.3 is 0 Å². The van der Waals surface area contributed by atoms with E-state index in [0.717, 1.165) is 6.42 Å². The molecule has 3 N–H and O–H groups in total. The fraction of sp³-hybridized carbons (Fsp3) is 1.00. The fourth-order valence-corrected chi connectivity index (χ4v) is 1.50. The Hall–Kier alpha value is -0.200. The first-order chi connectivity index (χ1) is 8.41. The first-order valence-corrected chi connectivity index (χ1v) is 6.61. The summed E-state index contributed by atoms with van der Waals surface area (Å²) in [5.74, 6) is 0.178. The Morgan fingerprint density at radius 2 is 1.11 bits per heavy atom. The molecule has 3 unspecified atom stereocenters. The highest BCUT2D eigenvalue weighted by atomic mass is 16.5. The lowest BCUT2D eigenvalue weighted by Gasteiger charge is -2.19. The van der Waals surface area contributed by atoms with Crippen LogP contribution in [0.5, 0.6) is 0 Å². The quantitative estimate of drug-likeness (QED) is 0.508.